The second kappa shape index (κ2) is 6.64. The highest BCUT2D eigenvalue weighted by Crippen LogP contribution is 2.25. The lowest BCUT2D eigenvalue weighted by atomic mass is 10.0. The number of likely N-dealkylation sites (tertiary alicyclic amines) is 1. The van der Waals surface area contributed by atoms with Crippen LogP contribution in [0.1, 0.15) is 31.5 Å². The van der Waals surface area contributed by atoms with E-state index in [9.17, 15) is 8.42 Å². The number of sulfone groups is 1. The summed E-state index contributed by atoms with van der Waals surface area (Å²) in [4.78, 5) is 9.32. The van der Waals surface area contributed by atoms with Crippen LogP contribution in [0.15, 0.2) is 24.4 Å². The molecule has 2 fully saturated rings. The van der Waals surface area contributed by atoms with Crippen molar-refractivity contribution in [2.75, 3.05) is 37.7 Å². The third kappa shape index (κ3) is 3.67. The average molecular weight is 323 g/mol. The topological polar surface area (TPSA) is 53.5 Å². The molecule has 1 atom stereocenters. The first kappa shape index (κ1) is 15.9. The fraction of sp³-hybridized carbons (Fsp3) is 0.688. The Hall–Kier alpha value is -0.980. The molecule has 0 bridgehead atoms. The number of hydrogen-bond donors (Lipinski definition) is 0. The zero-order valence-electron chi connectivity index (χ0n) is 13.2. The highest BCUT2D eigenvalue weighted by atomic mass is 32.2. The Kier molecular flexibility index (Phi) is 4.80. The monoisotopic (exact) mass is 323 g/mol. The van der Waals surface area contributed by atoms with E-state index in [0.717, 1.165) is 31.6 Å². The first-order valence-corrected chi connectivity index (χ1v) is 9.97. The van der Waals surface area contributed by atoms with E-state index in [2.05, 4.69) is 27.8 Å². The van der Waals surface area contributed by atoms with Crippen molar-refractivity contribution >= 4 is 9.84 Å². The molecule has 0 N–H and O–H groups in total. The summed E-state index contributed by atoms with van der Waals surface area (Å²) in [6.45, 7) is 5.76. The molecule has 0 saturated carbocycles. The van der Waals surface area contributed by atoms with Crippen LogP contribution < -0.4 is 0 Å². The van der Waals surface area contributed by atoms with Crippen LogP contribution >= 0.6 is 0 Å². The minimum absolute atomic E-state index is 0.331. The highest BCUT2D eigenvalue weighted by Gasteiger charge is 2.31. The van der Waals surface area contributed by atoms with Crippen molar-refractivity contribution in [2.24, 2.45) is 0 Å². The molecule has 0 aromatic carbocycles. The molecule has 0 spiro atoms. The molecule has 3 heterocycles. The maximum atomic E-state index is 11.5. The van der Waals surface area contributed by atoms with Crippen LogP contribution in [0, 0.1) is 0 Å². The molecule has 5 nitrogen and oxygen atoms in total. The number of aromatic nitrogens is 1. The van der Waals surface area contributed by atoms with Gasteiger partial charge in [-0.1, -0.05) is 6.07 Å². The number of nitrogens with zero attached hydrogens (tertiary/aromatic N) is 3. The largest absolute Gasteiger partial charge is 0.298 e. The van der Waals surface area contributed by atoms with Crippen molar-refractivity contribution in [1.82, 2.24) is 14.8 Å². The van der Waals surface area contributed by atoms with Crippen molar-refractivity contribution in [1.29, 1.82) is 0 Å². The van der Waals surface area contributed by atoms with Gasteiger partial charge in [0, 0.05) is 44.5 Å². The van der Waals surface area contributed by atoms with Gasteiger partial charge in [0.2, 0.25) is 0 Å². The smallest absolute Gasteiger partial charge is 0.152 e. The number of hydrogen-bond acceptors (Lipinski definition) is 5. The van der Waals surface area contributed by atoms with Gasteiger partial charge in [0.05, 0.1) is 17.2 Å². The van der Waals surface area contributed by atoms with Crippen LogP contribution in [0.2, 0.25) is 0 Å². The summed E-state index contributed by atoms with van der Waals surface area (Å²) >= 11 is 0. The molecular formula is C16H25N3O2S. The maximum Gasteiger partial charge on any atom is 0.152 e. The van der Waals surface area contributed by atoms with Gasteiger partial charge < -0.3 is 0 Å². The third-order valence-corrected chi connectivity index (χ3v) is 6.67. The number of piperidine rings is 1. The molecule has 0 amide bonds. The number of rotatable bonds is 3. The van der Waals surface area contributed by atoms with Crippen molar-refractivity contribution in [3.05, 3.63) is 30.1 Å². The van der Waals surface area contributed by atoms with Gasteiger partial charge in [0.15, 0.2) is 9.84 Å². The molecule has 2 saturated heterocycles. The molecule has 2 aliphatic rings. The summed E-state index contributed by atoms with van der Waals surface area (Å²) in [5.74, 6) is 0.662. The predicted molar refractivity (Wildman–Crippen MR) is 87.5 cm³/mol. The fourth-order valence-corrected chi connectivity index (χ4v) is 4.77. The van der Waals surface area contributed by atoms with Crippen LogP contribution in [0.3, 0.4) is 0 Å². The normalized spacial score (nSPS) is 25.9. The van der Waals surface area contributed by atoms with E-state index in [4.69, 9.17) is 0 Å². The minimum atomic E-state index is -2.77. The fourth-order valence-electron chi connectivity index (χ4n) is 3.54. The second-order valence-electron chi connectivity index (χ2n) is 6.39. The van der Waals surface area contributed by atoms with Gasteiger partial charge in [-0.3, -0.25) is 14.8 Å². The van der Waals surface area contributed by atoms with Gasteiger partial charge in [-0.15, -0.1) is 0 Å². The first-order valence-electron chi connectivity index (χ1n) is 8.14. The van der Waals surface area contributed by atoms with E-state index >= 15 is 0 Å². The molecular weight excluding hydrogens is 298 g/mol. The summed E-state index contributed by atoms with van der Waals surface area (Å²) < 4.78 is 23.1. The van der Waals surface area contributed by atoms with Crippen LogP contribution in [0.4, 0.5) is 0 Å². The van der Waals surface area contributed by atoms with Crippen molar-refractivity contribution < 1.29 is 8.42 Å². The molecule has 22 heavy (non-hydrogen) atoms. The lowest BCUT2D eigenvalue weighted by molar-refractivity contribution is 0.0915. The Morgan fingerprint density at radius 3 is 2.41 bits per heavy atom. The lowest BCUT2D eigenvalue weighted by Crippen LogP contribution is -2.50. The Bertz CT molecular complexity index is 569. The zero-order chi connectivity index (χ0) is 15.6. The van der Waals surface area contributed by atoms with E-state index in [1.54, 1.807) is 0 Å². The molecule has 0 aliphatic carbocycles. The molecule has 6 heteroatoms. The summed E-state index contributed by atoms with van der Waals surface area (Å²) in [5.41, 5.74) is 1.13. The van der Waals surface area contributed by atoms with Crippen LogP contribution in [-0.2, 0) is 9.84 Å². The summed E-state index contributed by atoms with van der Waals surface area (Å²) in [6, 6.07) is 6.98. The quantitative estimate of drug-likeness (QED) is 0.840. The summed E-state index contributed by atoms with van der Waals surface area (Å²) in [5, 5.41) is 0. The van der Waals surface area contributed by atoms with Gasteiger partial charge in [-0.05, 0) is 31.9 Å². The van der Waals surface area contributed by atoms with E-state index in [0.29, 0.717) is 36.7 Å². The maximum absolute atomic E-state index is 11.5. The molecule has 1 aromatic heterocycles. The van der Waals surface area contributed by atoms with E-state index < -0.39 is 9.84 Å². The summed E-state index contributed by atoms with van der Waals surface area (Å²) in [6.07, 6.45) is 4.10. The van der Waals surface area contributed by atoms with Crippen molar-refractivity contribution in [3.8, 4) is 0 Å². The van der Waals surface area contributed by atoms with Gasteiger partial charge in [-0.2, -0.15) is 0 Å². The Labute approximate surface area is 133 Å². The van der Waals surface area contributed by atoms with Crippen LogP contribution in [-0.4, -0.2) is 66.9 Å². The molecule has 3 rings (SSSR count). The third-order valence-electron chi connectivity index (χ3n) is 5.06. The SMILES string of the molecule is C[C@@H](c1ccccn1)N1CCC(N2CCS(=O)(=O)CC2)CC1. The lowest BCUT2D eigenvalue weighted by Gasteiger charge is -2.41. The van der Waals surface area contributed by atoms with E-state index in [1.165, 1.54) is 0 Å². The van der Waals surface area contributed by atoms with Crippen molar-refractivity contribution in [2.45, 2.75) is 31.8 Å². The molecule has 122 valence electrons. The van der Waals surface area contributed by atoms with Crippen molar-refractivity contribution in [3.63, 3.8) is 0 Å². The van der Waals surface area contributed by atoms with Crippen LogP contribution in [0.25, 0.3) is 0 Å². The predicted octanol–water partition coefficient (Wildman–Crippen LogP) is 1.34. The van der Waals surface area contributed by atoms with E-state index in [1.807, 2.05) is 18.3 Å². The molecule has 2 aliphatic heterocycles. The second-order valence-corrected chi connectivity index (χ2v) is 8.69. The van der Waals surface area contributed by atoms with Crippen LogP contribution in [0.5, 0.6) is 0 Å². The minimum Gasteiger partial charge on any atom is -0.298 e. The Balaban J connectivity index is 1.52. The Morgan fingerprint density at radius 2 is 1.82 bits per heavy atom. The molecule has 0 radical (unpaired) electrons. The Morgan fingerprint density at radius 1 is 1.14 bits per heavy atom. The van der Waals surface area contributed by atoms with Gasteiger partial charge in [-0.25, -0.2) is 8.42 Å². The molecule has 0 unspecified atom stereocenters. The summed E-state index contributed by atoms with van der Waals surface area (Å²) in [7, 11) is -2.77. The molecule has 1 aromatic rings. The highest BCUT2D eigenvalue weighted by molar-refractivity contribution is 7.91. The van der Waals surface area contributed by atoms with Gasteiger partial charge in [0.25, 0.3) is 0 Å². The van der Waals surface area contributed by atoms with E-state index in [-0.39, 0.29) is 0 Å². The zero-order valence-corrected chi connectivity index (χ0v) is 14.0. The standard InChI is InChI=1S/C16H25N3O2S/c1-14(16-4-2-3-7-17-16)18-8-5-15(6-9-18)19-10-12-22(20,21)13-11-19/h2-4,7,14-15H,5-6,8-13H2,1H3/t14-/m0/s1. The van der Waals surface area contributed by atoms with Gasteiger partial charge in [0.1, 0.15) is 0 Å². The van der Waals surface area contributed by atoms with Gasteiger partial charge >= 0.3 is 0 Å². The first-order chi connectivity index (χ1) is 10.6. The number of pyridine rings is 1. The average Bonchev–Trinajstić information content (AvgIpc) is 2.55.